The molecule has 6 aromatic rings. The van der Waals surface area contributed by atoms with Gasteiger partial charge >= 0.3 is 5.97 Å². The Morgan fingerprint density at radius 1 is 0.467 bits per heavy atom. The third kappa shape index (κ3) is 26.6. The van der Waals surface area contributed by atoms with E-state index in [2.05, 4.69) is 53.2 Å². The van der Waals surface area contributed by atoms with Crippen molar-refractivity contribution in [1.82, 2.24) is 58.1 Å². The van der Waals surface area contributed by atoms with E-state index >= 15 is 19.2 Å². The van der Waals surface area contributed by atoms with E-state index in [4.69, 9.17) is 11.5 Å². The van der Waals surface area contributed by atoms with E-state index in [1.165, 1.54) is 6.92 Å². The Balaban J connectivity index is 1.33. The number of benzene rings is 6. The first-order chi connectivity index (χ1) is 51.2. The smallest absolute Gasteiger partial charge is 0.327 e. The molecule has 30 heteroatoms. The number of aliphatic hydroxyl groups excluding tert-OH is 3. The molecule has 0 spiro atoms. The van der Waals surface area contributed by atoms with Crippen LogP contribution in [0, 0.1) is 0 Å². The van der Waals surface area contributed by atoms with Gasteiger partial charge in [-0.3, -0.25) is 47.9 Å². The van der Waals surface area contributed by atoms with Gasteiger partial charge in [-0.05, 0) is 83.8 Å². The van der Waals surface area contributed by atoms with E-state index in [9.17, 15) is 54.0 Å². The zero-order valence-electron chi connectivity index (χ0n) is 60.5. The number of aliphatic carboxylic acids is 1. The zero-order valence-corrected chi connectivity index (χ0v) is 62.1. The Kier molecular flexibility index (Phi) is 33.6. The number of carboxylic acid groups (broad SMARTS) is 1. The van der Waals surface area contributed by atoms with Gasteiger partial charge in [0, 0.05) is 63.2 Å². The van der Waals surface area contributed by atoms with Crippen LogP contribution >= 0.6 is 21.6 Å². The van der Waals surface area contributed by atoms with E-state index in [0.29, 0.717) is 52.1 Å². The number of carbonyl (C=O) groups is 11. The van der Waals surface area contributed by atoms with E-state index < -0.39 is 150 Å². The molecule has 0 bridgehead atoms. The Morgan fingerprint density at radius 3 is 1.32 bits per heavy atom. The second-order valence-corrected chi connectivity index (χ2v) is 29.4. The first-order valence-corrected chi connectivity index (χ1v) is 38.0. The molecule has 0 radical (unpaired) electrons. The van der Waals surface area contributed by atoms with Gasteiger partial charge in [0.25, 0.3) is 0 Å². The van der Waals surface area contributed by atoms with E-state index in [1.54, 1.807) is 109 Å². The lowest BCUT2D eigenvalue weighted by molar-refractivity contribution is -0.147. The molecule has 0 aliphatic carbocycles. The summed E-state index contributed by atoms with van der Waals surface area (Å²) in [7, 11) is 2.92. The van der Waals surface area contributed by atoms with E-state index in [-0.39, 0.29) is 62.6 Å². The number of fused-ring (bicyclic) bond motifs is 1. The lowest BCUT2D eigenvalue weighted by Crippen LogP contribution is -2.63. The summed E-state index contributed by atoms with van der Waals surface area (Å²) in [5, 5.41) is 72.5. The van der Waals surface area contributed by atoms with Crippen molar-refractivity contribution in [2.24, 2.45) is 11.5 Å². The van der Waals surface area contributed by atoms with Crippen LogP contribution in [0.4, 0.5) is 0 Å². The van der Waals surface area contributed by atoms with Crippen molar-refractivity contribution < 1.29 is 73.2 Å². The Morgan fingerprint density at radius 2 is 0.860 bits per heavy atom. The molecule has 0 aromatic heterocycles. The van der Waals surface area contributed by atoms with Crippen molar-refractivity contribution in [3.63, 3.8) is 0 Å². The zero-order chi connectivity index (χ0) is 77.7. The summed E-state index contributed by atoms with van der Waals surface area (Å²) in [4.78, 5) is 161. The minimum Gasteiger partial charge on any atom is -0.480 e. The fourth-order valence-corrected chi connectivity index (χ4v) is 14.0. The standard InChI is InChI=1S/C77H99N13O15S2/c1-45(2)80-41-52-30-28-51(29-31-52)39-60-72(99)88-65(46(3)92)75(102)86-61(38-50-23-13-8-14-24-50)73(100)89-66(47(4)93)76(103)90(5)64(42-91)74(101)87-63(77(104)105)44-107-106-43-56(79)67(94)81-57(27-17-18-34-78)68(95)82-58(36-48-19-9-6-10-20-48)69(96)83-59(37-49-21-11-7-12-22-49)70(97)85-62(71(98)84-60)40-53-32-33-54-25-15-16-26-55(54)35-53/h6-16,19-26,28-33,35,45-47,56-66,80,91-93H,17-18,27,34,36-44,78-79H2,1-5H3,(H,81,94)(H,82,95)(H,83,96)(H,84,98)(H,85,97)(H,86,102)(H,87,101)(H,88,99)(H,89,100)(H,104,105)/t46-,47-,56+,57+,58+,59+,60+,61+,62-,63+,64+,65-,66+/m1/s1. The number of hydrogen-bond donors (Lipinski definition) is 16. The average Bonchev–Trinajstić information content (AvgIpc) is 0.834. The number of aliphatic hydroxyl groups is 3. The summed E-state index contributed by atoms with van der Waals surface area (Å²) in [6.45, 7) is 5.98. The summed E-state index contributed by atoms with van der Waals surface area (Å²) < 4.78 is 0. The van der Waals surface area contributed by atoms with Gasteiger partial charge in [0.05, 0.1) is 24.9 Å². The SMILES string of the molecule is CC(C)NCc1ccc(C[C@@H]2NC(=O)[C@@H](Cc3ccc4ccccc4c3)NC(=O)[C@H](Cc3ccccc3)NC(=O)[C@H](Cc3ccccc3)NC(=O)[C@H](CCCCN)NC(=O)[C@@H](N)CSSC[C@@H](C(=O)O)NC(=O)[C@H](CO)N(C)C(=O)[C@H]([C@@H](C)O)NC(=O)[C@H](Cc3ccccc3)NC(=O)[C@@H]([C@@H](C)O)NC2=O)cc1. The van der Waals surface area contributed by atoms with Crippen LogP contribution in [0.5, 0.6) is 0 Å². The molecule has 10 amide bonds. The number of carboxylic acids is 1. The number of nitrogens with two attached hydrogens (primary N) is 2. The Bertz CT molecular complexity index is 3960. The molecule has 18 N–H and O–H groups in total. The summed E-state index contributed by atoms with van der Waals surface area (Å²) in [5.41, 5.74) is 15.9. The van der Waals surface area contributed by atoms with Crippen LogP contribution in [0.15, 0.2) is 158 Å². The lowest BCUT2D eigenvalue weighted by Gasteiger charge is -2.32. The number of carbonyl (C=O) groups excluding carboxylic acids is 10. The van der Waals surface area contributed by atoms with Crippen molar-refractivity contribution in [2.45, 2.75) is 170 Å². The largest absolute Gasteiger partial charge is 0.480 e. The van der Waals surface area contributed by atoms with Crippen LogP contribution in [0.3, 0.4) is 0 Å². The lowest BCUT2D eigenvalue weighted by atomic mass is 9.98. The molecule has 1 saturated heterocycles. The van der Waals surface area contributed by atoms with Gasteiger partial charge in [0.15, 0.2) is 0 Å². The molecule has 1 aliphatic rings. The molecule has 0 saturated carbocycles. The third-order valence-electron chi connectivity index (χ3n) is 17.9. The number of likely N-dealkylation sites (N-methyl/N-ethyl adjacent to an activating group) is 1. The third-order valence-corrected chi connectivity index (χ3v) is 20.4. The van der Waals surface area contributed by atoms with Gasteiger partial charge in [-0.1, -0.05) is 193 Å². The number of nitrogens with one attached hydrogen (secondary N) is 10. The highest BCUT2D eigenvalue weighted by molar-refractivity contribution is 8.76. The predicted octanol–water partition coefficient (Wildman–Crippen LogP) is 0.731. The fraction of sp³-hybridized carbons (Fsp3) is 0.416. The maximum atomic E-state index is 15.6. The second kappa shape index (κ2) is 42.5. The highest BCUT2D eigenvalue weighted by Gasteiger charge is 2.40. The van der Waals surface area contributed by atoms with Gasteiger partial charge in [-0.2, -0.15) is 0 Å². The predicted molar refractivity (Wildman–Crippen MR) is 408 cm³/mol. The van der Waals surface area contributed by atoms with Gasteiger partial charge in [0.1, 0.15) is 60.4 Å². The van der Waals surface area contributed by atoms with Crippen molar-refractivity contribution in [2.75, 3.05) is 31.7 Å². The molecule has 1 heterocycles. The highest BCUT2D eigenvalue weighted by Crippen LogP contribution is 2.24. The van der Waals surface area contributed by atoms with Crippen LogP contribution < -0.4 is 64.6 Å². The van der Waals surface area contributed by atoms with Gasteiger partial charge in [-0.15, -0.1) is 0 Å². The summed E-state index contributed by atoms with van der Waals surface area (Å²) in [5.74, 6) is -11.8. The molecule has 7 rings (SSSR count). The van der Waals surface area contributed by atoms with E-state index in [0.717, 1.165) is 51.9 Å². The number of amides is 10. The van der Waals surface area contributed by atoms with Crippen LogP contribution in [0.2, 0.25) is 0 Å². The number of nitrogens with zero attached hydrogens (tertiary/aromatic N) is 1. The summed E-state index contributed by atoms with van der Waals surface area (Å²) in [6, 6.07) is 28.3. The minimum atomic E-state index is -1.90. The highest BCUT2D eigenvalue weighted by atomic mass is 33.1. The molecular weight excluding hydrogens is 1410 g/mol. The minimum absolute atomic E-state index is 0.0311. The molecule has 13 atom stereocenters. The van der Waals surface area contributed by atoms with Crippen molar-refractivity contribution in [3.8, 4) is 0 Å². The molecule has 1 aliphatic heterocycles. The maximum Gasteiger partial charge on any atom is 0.327 e. The van der Waals surface area contributed by atoms with Gasteiger partial charge in [0.2, 0.25) is 59.1 Å². The van der Waals surface area contributed by atoms with Crippen molar-refractivity contribution in [3.05, 3.63) is 191 Å². The second-order valence-electron chi connectivity index (χ2n) is 26.8. The Hall–Kier alpha value is -9.79. The van der Waals surface area contributed by atoms with Crippen LogP contribution in [-0.2, 0) is 91.4 Å². The molecule has 107 heavy (non-hydrogen) atoms. The Labute approximate surface area is 630 Å². The summed E-state index contributed by atoms with van der Waals surface area (Å²) >= 11 is 0. The molecule has 6 aromatic carbocycles. The molecular formula is C77H99N13O15S2. The molecule has 574 valence electrons. The molecule has 0 unspecified atom stereocenters. The topological polar surface area (TPSA) is 444 Å². The quantitative estimate of drug-likeness (QED) is 0.0349. The number of rotatable bonds is 21. The normalized spacial score (nSPS) is 23.6. The average molecular weight is 1510 g/mol. The van der Waals surface area contributed by atoms with Gasteiger partial charge in [-0.25, -0.2) is 4.79 Å². The van der Waals surface area contributed by atoms with Crippen LogP contribution in [0.1, 0.15) is 80.3 Å². The number of hydrogen-bond acceptors (Lipinski definition) is 19. The van der Waals surface area contributed by atoms with Crippen LogP contribution in [0.25, 0.3) is 10.8 Å². The van der Waals surface area contributed by atoms with Gasteiger partial charge < -0.3 is 90.0 Å². The monoisotopic (exact) mass is 1510 g/mol. The molecule has 1 fully saturated rings. The van der Waals surface area contributed by atoms with Crippen molar-refractivity contribution >= 4 is 97.4 Å². The van der Waals surface area contributed by atoms with E-state index in [1.807, 2.05) is 62.4 Å². The van der Waals surface area contributed by atoms with Crippen LogP contribution in [-0.4, -0.2) is 207 Å². The first-order valence-electron chi connectivity index (χ1n) is 35.5. The molecule has 28 nitrogen and oxygen atoms in total. The fourth-order valence-electron chi connectivity index (χ4n) is 11.8. The maximum absolute atomic E-state index is 15.6. The summed E-state index contributed by atoms with van der Waals surface area (Å²) in [6.07, 6.45) is -3.65. The first kappa shape index (κ1) is 84.5. The number of unbranched alkanes of at least 4 members (excludes halogenated alkanes) is 1. The van der Waals surface area contributed by atoms with Crippen molar-refractivity contribution in [1.29, 1.82) is 0 Å².